The number of aliphatic hydroxyl groups is 1. The van der Waals surface area contributed by atoms with Crippen molar-refractivity contribution >= 4 is 19.1 Å². The lowest BCUT2D eigenvalue weighted by Gasteiger charge is -2.21. The van der Waals surface area contributed by atoms with Crippen molar-refractivity contribution in [1.29, 1.82) is 5.26 Å². The van der Waals surface area contributed by atoms with Crippen LogP contribution in [0.1, 0.15) is 31.7 Å². The fourth-order valence-corrected chi connectivity index (χ4v) is 5.19. The summed E-state index contributed by atoms with van der Waals surface area (Å²) in [6, 6.07) is 5.41. The second kappa shape index (κ2) is 9.53. The monoisotopic (exact) mass is 452 g/mol. The first-order valence-corrected chi connectivity index (χ1v) is 15.0. The maximum Gasteiger partial charge on any atom is 0.145 e. The van der Waals surface area contributed by atoms with E-state index in [2.05, 4.69) is 40.8 Å². The molecule has 0 radical (unpaired) electrons. The summed E-state index contributed by atoms with van der Waals surface area (Å²) in [6.07, 6.45) is 9.87. The van der Waals surface area contributed by atoms with Gasteiger partial charge in [-0.15, -0.1) is 0 Å². The van der Waals surface area contributed by atoms with Crippen LogP contribution in [0.25, 0.3) is 22.3 Å². The zero-order chi connectivity index (χ0) is 22.7. The van der Waals surface area contributed by atoms with E-state index in [1.807, 2.05) is 27.7 Å². The van der Waals surface area contributed by atoms with E-state index in [4.69, 9.17) is 4.74 Å². The first kappa shape index (κ1) is 22.6. The molecule has 1 unspecified atom stereocenters. The van der Waals surface area contributed by atoms with E-state index in [-0.39, 0.29) is 18.1 Å². The van der Waals surface area contributed by atoms with Gasteiger partial charge in [-0.25, -0.2) is 9.97 Å². The van der Waals surface area contributed by atoms with Crippen LogP contribution in [0.2, 0.25) is 25.7 Å². The van der Waals surface area contributed by atoms with Gasteiger partial charge in [0.1, 0.15) is 18.7 Å². The molecule has 1 aliphatic rings. The number of hydrogen-bond donors (Lipinski definition) is 1. The van der Waals surface area contributed by atoms with Gasteiger partial charge in [-0.3, -0.25) is 4.68 Å². The van der Waals surface area contributed by atoms with Crippen LogP contribution in [0.5, 0.6) is 0 Å². The summed E-state index contributed by atoms with van der Waals surface area (Å²) in [4.78, 5) is 9.01. The third-order valence-corrected chi connectivity index (χ3v) is 7.99. The largest absolute Gasteiger partial charge is 0.393 e. The number of hydrogen-bond acceptors (Lipinski definition) is 6. The molecule has 1 aliphatic carbocycles. The molecule has 1 N–H and O–H groups in total. The molecule has 1 saturated carbocycles. The van der Waals surface area contributed by atoms with Crippen molar-refractivity contribution in [2.75, 3.05) is 6.61 Å². The Labute approximate surface area is 189 Å². The predicted octanol–water partition coefficient (Wildman–Crippen LogP) is 4.22. The summed E-state index contributed by atoms with van der Waals surface area (Å²) in [5, 5.41) is 24.8. The zero-order valence-electron chi connectivity index (χ0n) is 19.1. The fraction of sp³-hybridized carbons (Fsp3) is 0.565. The molecule has 0 saturated heterocycles. The van der Waals surface area contributed by atoms with E-state index in [0.717, 1.165) is 54.2 Å². The number of fused-ring (bicyclic) bond motifs is 1. The van der Waals surface area contributed by atoms with E-state index in [1.54, 1.807) is 12.5 Å². The highest BCUT2D eigenvalue weighted by Crippen LogP contribution is 2.37. The van der Waals surface area contributed by atoms with Gasteiger partial charge in [0.25, 0.3) is 0 Å². The Morgan fingerprint density at radius 3 is 2.88 bits per heavy atom. The molecule has 0 spiro atoms. The Morgan fingerprint density at radius 1 is 1.31 bits per heavy atom. The number of aromatic nitrogens is 5. The van der Waals surface area contributed by atoms with Gasteiger partial charge >= 0.3 is 0 Å². The van der Waals surface area contributed by atoms with Crippen LogP contribution in [0.4, 0.5) is 0 Å². The maximum absolute atomic E-state index is 9.94. The average Bonchev–Trinajstić information content (AvgIpc) is 3.48. The van der Waals surface area contributed by atoms with Crippen molar-refractivity contribution < 1.29 is 9.84 Å². The smallest absolute Gasteiger partial charge is 0.145 e. The summed E-state index contributed by atoms with van der Waals surface area (Å²) in [5.41, 5.74) is 2.56. The molecule has 0 amide bonds. The molecule has 1 fully saturated rings. The molecule has 170 valence electrons. The molecular formula is C23H32N6O2Si. The molecule has 3 heterocycles. The highest BCUT2D eigenvalue weighted by atomic mass is 28.3. The third kappa shape index (κ3) is 5.09. The van der Waals surface area contributed by atoms with Gasteiger partial charge in [-0.2, -0.15) is 10.4 Å². The normalized spacial score (nSPS) is 20.0. The van der Waals surface area contributed by atoms with Crippen LogP contribution >= 0.6 is 0 Å². The van der Waals surface area contributed by atoms with Gasteiger partial charge in [0, 0.05) is 38.0 Å². The van der Waals surface area contributed by atoms with Gasteiger partial charge in [0.15, 0.2) is 0 Å². The van der Waals surface area contributed by atoms with E-state index in [1.165, 1.54) is 0 Å². The lowest BCUT2D eigenvalue weighted by molar-refractivity contribution is 0.0899. The minimum absolute atomic E-state index is 0.0346. The van der Waals surface area contributed by atoms with Gasteiger partial charge in [-0.1, -0.05) is 19.6 Å². The topological polar surface area (TPSA) is 102 Å². The van der Waals surface area contributed by atoms with Crippen molar-refractivity contribution in [2.45, 2.75) is 70.2 Å². The molecule has 3 aromatic heterocycles. The highest BCUT2D eigenvalue weighted by Gasteiger charge is 2.31. The van der Waals surface area contributed by atoms with Gasteiger partial charge in [0.2, 0.25) is 0 Å². The van der Waals surface area contributed by atoms with E-state index in [9.17, 15) is 10.4 Å². The molecule has 9 heteroatoms. The van der Waals surface area contributed by atoms with Gasteiger partial charge < -0.3 is 14.4 Å². The molecule has 8 nitrogen and oxygen atoms in total. The SMILES string of the molecule is C[Si](C)(C)CCOCn1ccc2c(-c3cnn(C(CC#N)[C@H]4CC[C@H](O)C4)c3)ncnc21. The lowest BCUT2D eigenvalue weighted by Crippen LogP contribution is -2.22. The van der Waals surface area contributed by atoms with Crippen LogP contribution in [0.15, 0.2) is 31.0 Å². The van der Waals surface area contributed by atoms with Crippen LogP contribution in [0, 0.1) is 17.2 Å². The summed E-state index contributed by atoms with van der Waals surface area (Å²) in [7, 11) is -1.12. The standard InChI is InChI=1S/C23H32N6O2Si/c1-32(2,3)11-10-31-16-28-9-7-20-22(25-15-26-23(20)28)18-13-27-29(14-18)21(6-8-24)17-4-5-19(30)12-17/h7,9,13-15,17,19,21,30H,4-6,10-12,16H2,1-3H3/t17-,19-,21?/m0/s1. The van der Waals surface area contributed by atoms with Crippen molar-refractivity contribution in [3.63, 3.8) is 0 Å². The summed E-state index contributed by atoms with van der Waals surface area (Å²) < 4.78 is 9.79. The van der Waals surface area contributed by atoms with Crippen LogP contribution in [-0.2, 0) is 11.5 Å². The third-order valence-electron chi connectivity index (χ3n) is 6.29. The maximum atomic E-state index is 9.94. The van der Waals surface area contributed by atoms with Crippen LogP contribution in [-0.4, -0.2) is 50.2 Å². The first-order valence-electron chi connectivity index (χ1n) is 11.3. The Balaban J connectivity index is 1.53. The average molecular weight is 453 g/mol. The van der Waals surface area contributed by atoms with Crippen LogP contribution in [0.3, 0.4) is 0 Å². The quantitative estimate of drug-likeness (QED) is 0.385. The summed E-state index contributed by atoms with van der Waals surface area (Å²) in [6.45, 7) is 8.26. The Kier molecular flexibility index (Phi) is 6.74. The number of nitrogens with zero attached hydrogens (tertiary/aromatic N) is 6. The first-order chi connectivity index (χ1) is 15.4. The number of ether oxygens (including phenoxy) is 1. The van der Waals surface area contributed by atoms with Crippen LogP contribution < -0.4 is 0 Å². The lowest BCUT2D eigenvalue weighted by atomic mass is 9.96. The molecule has 0 aliphatic heterocycles. The molecule has 4 rings (SSSR count). The Bertz CT molecular complexity index is 1100. The molecule has 3 aromatic rings. The number of nitriles is 1. The minimum atomic E-state index is -1.12. The molecule has 3 atom stereocenters. The zero-order valence-corrected chi connectivity index (χ0v) is 20.1. The Hall–Kier alpha value is -2.54. The van der Waals surface area contributed by atoms with Crippen molar-refractivity contribution in [3.05, 3.63) is 31.0 Å². The molecule has 32 heavy (non-hydrogen) atoms. The van der Waals surface area contributed by atoms with Gasteiger partial charge in [-0.05, 0) is 37.3 Å². The predicted molar refractivity (Wildman–Crippen MR) is 125 cm³/mol. The van der Waals surface area contributed by atoms with Gasteiger partial charge in [0.05, 0.1) is 36.5 Å². The summed E-state index contributed by atoms with van der Waals surface area (Å²) >= 11 is 0. The van der Waals surface area contributed by atoms with E-state index < -0.39 is 8.07 Å². The molecule has 0 bridgehead atoms. The summed E-state index contributed by atoms with van der Waals surface area (Å²) in [5.74, 6) is 0.261. The Morgan fingerprint density at radius 2 is 2.16 bits per heavy atom. The second-order valence-corrected chi connectivity index (χ2v) is 15.6. The molecular weight excluding hydrogens is 420 g/mol. The second-order valence-electron chi connectivity index (χ2n) is 9.96. The fourth-order valence-electron chi connectivity index (χ4n) is 4.43. The minimum Gasteiger partial charge on any atom is -0.393 e. The van der Waals surface area contributed by atoms with E-state index >= 15 is 0 Å². The van der Waals surface area contributed by atoms with Crippen molar-refractivity contribution in [2.24, 2.45) is 5.92 Å². The van der Waals surface area contributed by atoms with E-state index in [0.29, 0.717) is 13.2 Å². The number of rotatable bonds is 9. The van der Waals surface area contributed by atoms with Crippen molar-refractivity contribution in [1.82, 2.24) is 24.3 Å². The van der Waals surface area contributed by atoms with Crippen molar-refractivity contribution in [3.8, 4) is 17.3 Å². The number of aliphatic hydroxyl groups excluding tert-OH is 1. The molecule has 0 aromatic carbocycles. The highest BCUT2D eigenvalue weighted by molar-refractivity contribution is 6.76.